The molecule has 0 bridgehead atoms. The van der Waals surface area contributed by atoms with Crippen LogP contribution in [-0.4, -0.2) is 33.3 Å². The molecule has 0 fully saturated rings. The molecule has 0 aliphatic heterocycles. The molecule has 118 valence electrons. The molecule has 0 amide bonds. The SMILES string of the molecule is Cc1cc(Cl)c2cc(C(=O)OCC(C)(C)C)n(C(=O)O)c2n1. The van der Waals surface area contributed by atoms with Crippen molar-refractivity contribution >= 4 is 34.7 Å². The average molecular weight is 325 g/mol. The summed E-state index contributed by atoms with van der Waals surface area (Å²) in [5.74, 6) is -0.718. The Labute approximate surface area is 132 Å². The van der Waals surface area contributed by atoms with Crippen LogP contribution in [0.1, 0.15) is 37.0 Å². The number of ether oxygens (including phenoxy) is 1. The van der Waals surface area contributed by atoms with Gasteiger partial charge in [0, 0.05) is 11.1 Å². The van der Waals surface area contributed by atoms with Crippen molar-refractivity contribution in [2.75, 3.05) is 6.61 Å². The molecule has 0 aliphatic carbocycles. The van der Waals surface area contributed by atoms with Gasteiger partial charge in [-0.1, -0.05) is 32.4 Å². The molecule has 7 heteroatoms. The van der Waals surface area contributed by atoms with E-state index in [1.54, 1.807) is 13.0 Å². The highest BCUT2D eigenvalue weighted by atomic mass is 35.5. The largest absolute Gasteiger partial charge is 0.464 e. The van der Waals surface area contributed by atoms with E-state index in [0.717, 1.165) is 4.57 Å². The summed E-state index contributed by atoms with van der Waals surface area (Å²) in [6.45, 7) is 7.60. The monoisotopic (exact) mass is 324 g/mol. The van der Waals surface area contributed by atoms with E-state index in [-0.39, 0.29) is 23.4 Å². The van der Waals surface area contributed by atoms with Crippen molar-refractivity contribution in [1.82, 2.24) is 9.55 Å². The van der Waals surface area contributed by atoms with E-state index in [0.29, 0.717) is 16.1 Å². The summed E-state index contributed by atoms with van der Waals surface area (Å²) >= 11 is 6.11. The first kappa shape index (κ1) is 16.3. The highest BCUT2D eigenvalue weighted by Gasteiger charge is 2.24. The van der Waals surface area contributed by atoms with E-state index in [1.165, 1.54) is 6.07 Å². The van der Waals surface area contributed by atoms with Crippen molar-refractivity contribution in [1.29, 1.82) is 0 Å². The zero-order valence-electron chi connectivity index (χ0n) is 12.8. The summed E-state index contributed by atoms with van der Waals surface area (Å²) in [5.41, 5.74) is 0.363. The van der Waals surface area contributed by atoms with Gasteiger partial charge in [0.25, 0.3) is 0 Å². The zero-order chi connectivity index (χ0) is 16.7. The highest BCUT2D eigenvalue weighted by Crippen LogP contribution is 2.27. The smallest absolute Gasteiger partial charge is 0.417 e. The van der Waals surface area contributed by atoms with Crippen LogP contribution in [0.5, 0.6) is 0 Å². The lowest BCUT2D eigenvalue weighted by Gasteiger charge is -2.17. The third kappa shape index (κ3) is 3.22. The molecule has 2 rings (SSSR count). The van der Waals surface area contributed by atoms with Gasteiger partial charge in [0.05, 0.1) is 11.6 Å². The number of aromatic nitrogens is 2. The number of hydrogen-bond acceptors (Lipinski definition) is 4. The molecule has 0 atom stereocenters. The van der Waals surface area contributed by atoms with Crippen molar-refractivity contribution in [2.24, 2.45) is 5.41 Å². The van der Waals surface area contributed by atoms with Crippen LogP contribution in [0.4, 0.5) is 4.79 Å². The highest BCUT2D eigenvalue weighted by molar-refractivity contribution is 6.35. The predicted molar refractivity (Wildman–Crippen MR) is 82.6 cm³/mol. The van der Waals surface area contributed by atoms with Crippen LogP contribution < -0.4 is 0 Å². The molecule has 0 unspecified atom stereocenters. The zero-order valence-corrected chi connectivity index (χ0v) is 13.6. The van der Waals surface area contributed by atoms with Crippen LogP contribution in [0.3, 0.4) is 0 Å². The van der Waals surface area contributed by atoms with E-state index >= 15 is 0 Å². The minimum atomic E-state index is -1.31. The maximum Gasteiger partial charge on any atom is 0.417 e. The Morgan fingerprint density at radius 1 is 1.36 bits per heavy atom. The average Bonchev–Trinajstić information content (AvgIpc) is 2.74. The Hall–Kier alpha value is -2.08. The molecule has 0 saturated heterocycles. The topological polar surface area (TPSA) is 81.4 Å². The first-order chi connectivity index (χ1) is 10.1. The van der Waals surface area contributed by atoms with Gasteiger partial charge in [-0.25, -0.2) is 19.1 Å². The van der Waals surface area contributed by atoms with Crippen LogP contribution in [0.25, 0.3) is 11.0 Å². The lowest BCUT2D eigenvalue weighted by Crippen LogP contribution is -2.22. The van der Waals surface area contributed by atoms with Crippen molar-refractivity contribution in [3.05, 3.63) is 28.5 Å². The van der Waals surface area contributed by atoms with Crippen molar-refractivity contribution in [3.8, 4) is 0 Å². The fourth-order valence-corrected chi connectivity index (χ4v) is 2.24. The summed E-state index contributed by atoms with van der Waals surface area (Å²) in [6.07, 6.45) is -1.31. The Morgan fingerprint density at radius 3 is 2.55 bits per heavy atom. The number of pyridine rings is 1. The summed E-state index contributed by atoms with van der Waals surface area (Å²) in [6, 6.07) is 3.00. The number of hydrogen-bond donors (Lipinski definition) is 1. The number of fused-ring (bicyclic) bond motifs is 1. The third-order valence-corrected chi connectivity index (χ3v) is 3.20. The maximum atomic E-state index is 12.2. The van der Waals surface area contributed by atoms with Gasteiger partial charge < -0.3 is 9.84 Å². The number of nitrogens with zero attached hydrogens (tertiary/aromatic N) is 2. The lowest BCUT2D eigenvalue weighted by atomic mass is 9.99. The summed E-state index contributed by atoms with van der Waals surface area (Å²) in [4.78, 5) is 27.9. The predicted octanol–water partition coefficient (Wildman–Crippen LogP) is 3.73. The van der Waals surface area contributed by atoms with Crippen LogP contribution >= 0.6 is 11.6 Å². The molecule has 2 aromatic rings. The molecule has 2 aromatic heterocycles. The molecule has 22 heavy (non-hydrogen) atoms. The number of rotatable bonds is 2. The van der Waals surface area contributed by atoms with E-state index in [9.17, 15) is 14.7 Å². The Bertz CT molecular complexity index is 759. The van der Waals surface area contributed by atoms with Crippen LogP contribution in [0.15, 0.2) is 12.1 Å². The third-order valence-electron chi connectivity index (χ3n) is 2.89. The fraction of sp³-hybridized carbons (Fsp3) is 0.400. The Balaban J connectivity index is 2.54. The quantitative estimate of drug-likeness (QED) is 0.851. The molecule has 0 radical (unpaired) electrons. The van der Waals surface area contributed by atoms with Gasteiger partial charge in [0.15, 0.2) is 5.65 Å². The standard InChI is InChI=1S/C15H17ClN2O4/c1-8-5-10(16)9-6-11(13(19)22-7-15(2,3)4)18(14(20)21)12(9)17-8/h5-6H,7H2,1-4H3,(H,20,21). The van der Waals surface area contributed by atoms with Gasteiger partial charge in [-0.2, -0.15) is 0 Å². The lowest BCUT2D eigenvalue weighted by molar-refractivity contribution is 0.0355. The second-order valence-corrected chi connectivity index (χ2v) is 6.67. The van der Waals surface area contributed by atoms with Gasteiger partial charge in [-0.05, 0) is 24.5 Å². The number of carbonyl (C=O) groups is 2. The number of aryl methyl sites for hydroxylation is 1. The molecule has 6 nitrogen and oxygen atoms in total. The number of carboxylic acid groups (broad SMARTS) is 1. The first-order valence-electron chi connectivity index (χ1n) is 6.69. The molecule has 2 heterocycles. The second-order valence-electron chi connectivity index (χ2n) is 6.27. The molecule has 0 saturated carbocycles. The Morgan fingerprint density at radius 2 is 2.00 bits per heavy atom. The van der Waals surface area contributed by atoms with E-state index in [4.69, 9.17) is 16.3 Å². The minimum absolute atomic E-state index is 0.105. The van der Waals surface area contributed by atoms with Gasteiger partial charge in [-0.3, -0.25) is 0 Å². The molecular formula is C15H17ClN2O4. The van der Waals surface area contributed by atoms with Gasteiger partial charge in [0.2, 0.25) is 0 Å². The molecule has 0 spiro atoms. The molecule has 0 aliphatic rings. The molecule has 0 aromatic carbocycles. The van der Waals surface area contributed by atoms with Gasteiger partial charge >= 0.3 is 12.1 Å². The summed E-state index contributed by atoms with van der Waals surface area (Å²) < 4.78 is 5.99. The summed E-state index contributed by atoms with van der Waals surface area (Å²) in [5, 5.41) is 10.1. The number of carbonyl (C=O) groups excluding carboxylic acids is 1. The van der Waals surface area contributed by atoms with Crippen LogP contribution in [-0.2, 0) is 4.74 Å². The van der Waals surface area contributed by atoms with Crippen molar-refractivity contribution in [3.63, 3.8) is 0 Å². The maximum absolute atomic E-state index is 12.2. The van der Waals surface area contributed by atoms with Gasteiger partial charge in [0.1, 0.15) is 5.69 Å². The van der Waals surface area contributed by atoms with E-state index in [1.807, 2.05) is 20.8 Å². The second kappa shape index (κ2) is 5.61. The van der Waals surface area contributed by atoms with Gasteiger partial charge in [-0.15, -0.1) is 0 Å². The minimum Gasteiger partial charge on any atom is -0.464 e. The molecule has 1 N–H and O–H groups in total. The Kier molecular flexibility index (Phi) is 4.15. The molecular weight excluding hydrogens is 308 g/mol. The fourth-order valence-electron chi connectivity index (χ4n) is 1.95. The van der Waals surface area contributed by atoms with Crippen LogP contribution in [0, 0.1) is 12.3 Å². The van der Waals surface area contributed by atoms with Crippen LogP contribution in [0.2, 0.25) is 5.02 Å². The van der Waals surface area contributed by atoms with E-state index < -0.39 is 12.1 Å². The van der Waals surface area contributed by atoms with Crippen molar-refractivity contribution < 1.29 is 19.4 Å². The number of esters is 1. The number of halogens is 1. The van der Waals surface area contributed by atoms with Crippen molar-refractivity contribution in [2.45, 2.75) is 27.7 Å². The summed E-state index contributed by atoms with van der Waals surface area (Å²) in [7, 11) is 0. The normalized spacial score (nSPS) is 11.7. The first-order valence-corrected chi connectivity index (χ1v) is 7.07. The van der Waals surface area contributed by atoms with E-state index in [2.05, 4.69) is 4.98 Å².